The Hall–Kier alpha value is -2.46. The molecule has 9 heteroatoms. The minimum atomic E-state index is -3.71. The van der Waals surface area contributed by atoms with Crippen molar-refractivity contribution in [1.82, 2.24) is 9.29 Å². The van der Waals surface area contributed by atoms with Crippen LogP contribution in [0.3, 0.4) is 0 Å². The zero-order valence-electron chi connectivity index (χ0n) is 17.0. The van der Waals surface area contributed by atoms with Gasteiger partial charge in [0, 0.05) is 18.1 Å². The molecule has 0 aliphatic heterocycles. The van der Waals surface area contributed by atoms with Gasteiger partial charge in [-0.1, -0.05) is 59.9 Å². The fraction of sp³-hybridized carbons (Fsp3) is 0.174. The van der Waals surface area contributed by atoms with Gasteiger partial charge < -0.3 is 0 Å². The number of nitrogens with zero attached hydrogens (tertiary/aromatic N) is 1. The van der Waals surface area contributed by atoms with E-state index in [2.05, 4.69) is 4.72 Å². The number of sulfonamides is 1. The highest BCUT2D eigenvalue weighted by Crippen LogP contribution is 2.23. The topological polar surface area (TPSA) is 68.2 Å². The zero-order chi connectivity index (χ0) is 22.6. The van der Waals surface area contributed by atoms with E-state index in [1.54, 1.807) is 28.8 Å². The van der Waals surface area contributed by atoms with Crippen LogP contribution in [-0.2, 0) is 22.3 Å². The van der Waals surface area contributed by atoms with E-state index in [1.165, 1.54) is 30.0 Å². The molecule has 1 heterocycles. The van der Waals surface area contributed by atoms with Gasteiger partial charge in [-0.15, -0.1) is 0 Å². The summed E-state index contributed by atoms with van der Waals surface area (Å²) in [5, 5.41) is 0. The average molecular weight is 489 g/mol. The Kier molecular flexibility index (Phi) is 7.10. The summed E-state index contributed by atoms with van der Waals surface area (Å²) in [6.07, 6.45) is 0. The van der Waals surface area contributed by atoms with Crippen LogP contribution in [0.1, 0.15) is 11.1 Å². The van der Waals surface area contributed by atoms with Gasteiger partial charge >= 0.3 is 4.87 Å². The monoisotopic (exact) mass is 488 g/mol. The zero-order valence-corrected chi connectivity index (χ0v) is 19.5. The molecule has 0 unspecified atom stereocenters. The summed E-state index contributed by atoms with van der Waals surface area (Å²) in [4.78, 5) is 12.5. The minimum Gasteiger partial charge on any atom is -0.294 e. The van der Waals surface area contributed by atoms with Crippen LogP contribution >= 0.6 is 23.1 Å². The number of halogens is 1. The third-order valence-corrected chi connectivity index (χ3v) is 8.30. The molecule has 0 fully saturated rings. The highest BCUT2D eigenvalue weighted by Gasteiger charge is 2.16. The predicted molar refractivity (Wildman–Crippen MR) is 129 cm³/mol. The number of benzene rings is 3. The van der Waals surface area contributed by atoms with Crippen molar-refractivity contribution in [3.8, 4) is 0 Å². The molecule has 0 saturated heterocycles. The SMILES string of the molecule is O=c1sc2cc(S(=O)(=O)NCCSCc3ccccc3F)ccc2n1Cc1ccccc1. The first-order valence-corrected chi connectivity index (χ1v) is 13.4. The molecule has 0 amide bonds. The number of nitrogens with one attached hydrogen (secondary N) is 1. The van der Waals surface area contributed by atoms with Crippen LogP contribution in [0.25, 0.3) is 10.2 Å². The molecule has 0 bridgehead atoms. The molecule has 0 radical (unpaired) electrons. The van der Waals surface area contributed by atoms with E-state index in [0.29, 0.717) is 33.8 Å². The van der Waals surface area contributed by atoms with E-state index in [-0.39, 0.29) is 22.1 Å². The molecule has 1 aromatic heterocycles. The summed E-state index contributed by atoms with van der Waals surface area (Å²) < 4.78 is 43.9. The number of hydrogen-bond acceptors (Lipinski definition) is 5. The maximum absolute atomic E-state index is 13.6. The Morgan fingerprint density at radius 2 is 1.75 bits per heavy atom. The van der Waals surface area contributed by atoms with E-state index >= 15 is 0 Å². The van der Waals surface area contributed by atoms with Crippen molar-refractivity contribution in [2.24, 2.45) is 0 Å². The Bertz CT molecular complexity index is 1380. The molecule has 4 rings (SSSR count). The first-order valence-electron chi connectivity index (χ1n) is 9.92. The fourth-order valence-electron chi connectivity index (χ4n) is 3.26. The third kappa shape index (κ3) is 5.29. The van der Waals surface area contributed by atoms with E-state index in [0.717, 1.165) is 16.9 Å². The molecule has 4 aromatic rings. The number of aromatic nitrogens is 1. The molecule has 5 nitrogen and oxygen atoms in total. The average Bonchev–Trinajstić information content (AvgIpc) is 3.09. The highest BCUT2D eigenvalue weighted by molar-refractivity contribution is 7.98. The van der Waals surface area contributed by atoms with Crippen molar-refractivity contribution in [3.05, 3.63) is 99.4 Å². The fourth-order valence-corrected chi connectivity index (χ4v) is 6.29. The third-order valence-electron chi connectivity index (χ3n) is 4.89. The molecule has 0 spiro atoms. The lowest BCUT2D eigenvalue weighted by atomic mass is 10.2. The molecule has 0 atom stereocenters. The summed E-state index contributed by atoms with van der Waals surface area (Å²) in [5.74, 6) is 0.729. The van der Waals surface area contributed by atoms with Gasteiger partial charge in [-0.05, 0) is 35.4 Å². The van der Waals surface area contributed by atoms with Crippen LogP contribution in [0.4, 0.5) is 4.39 Å². The van der Waals surface area contributed by atoms with Gasteiger partial charge in [0.15, 0.2) is 0 Å². The highest BCUT2D eigenvalue weighted by atomic mass is 32.2. The molecule has 32 heavy (non-hydrogen) atoms. The van der Waals surface area contributed by atoms with Crippen LogP contribution in [0.2, 0.25) is 0 Å². The Morgan fingerprint density at radius 1 is 1.00 bits per heavy atom. The Labute approximate surface area is 194 Å². The van der Waals surface area contributed by atoms with Gasteiger partial charge in [0.2, 0.25) is 10.0 Å². The maximum atomic E-state index is 13.6. The molecule has 0 aliphatic carbocycles. The summed E-state index contributed by atoms with van der Waals surface area (Å²) in [6, 6.07) is 20.9. The van der Waals surface area contributed by atoms with Gasteiger partial charge in [-0.2, -0.15) is 11.8 Å². The van der Waals surface area contributed by atoms with E-state index in [4.69, 9.17) is 0 Å². The molecule has 166 valence electrons. The standard InChI is InChI=1S/C23H21FN2O3S3/c24-20-9-5-4-8-18(20)16-30-13-12-25-32(28,29)19-10-11-21-22(14-19)31-23(27)26(21)15-17-6-2-1-3-7-17/h1-11,14,25H,12-13,15-16H2. The van der Waals surface area contributed by atoms with Crippen LogP contribution in [0.5, 0.6) is 0 Å². The number of thiazole rings is 1. The van der Waals surface area contributed by atoms with Crippen LogP contribution in [-0.4, -0.2) is 25.3 Å². The minimum absolute atomic E-state index is 0.122. The number of hydrogen-bond donors (Lipinski definition) is 1. The van der Waals surface area contributed by atoms with E-state index in [1.807, 2.05) is 30.3 Å². The van der Waals surface area contributed by atoms with Gasteiger partial charge in [0.25, 0.3) is 0 Å². The van der Waals surface area contributed by atoms with Crippen LogP contribution in [0, 0.1) is 5.82 Å². The van der Waals surface area contributed by atoms with Crippen molar-refractivity contribution in [1.29, 1.82) is 0 Å². The second-order valence-electron chi connectivity index (χ2n) is 7.11. The summed E-state index contributed by atoms with van der Waals surface area (Å²) in [6.45, 7) is 0.661. The van der Waals surface area contributed by atoms with Gasteiger partial charge in [0.1, 0.15) is 5.82 Å². The molecular weight excluding hydrogens is 467 g/mol. The van der Waals surface area contributed by atoms with Crippen molar-refractivity contribution in [2.75, 3.05) is 12.3 Å². The smallest absolute Gasteiger partial charge is 0.294 e. The molecule has 3 aromatic carbocycles. The molecular formula is C23H21FN2O3S3. The summed E-state index contributed by atoms with van der Waals surface area (Å²) >= 11 is 2.49. The number of rotatable bonds is 9. The quantitative estimate of drug-likeness (QED) is 0.353. The number of fused-ring (bicyclic) bond motifs is 1. The largest absolute Gasteiger partial charge is 0.308 e. The van der Waals surface area contributed by atoms with Crippen molar-refractivity contribution < 1.29 is 12.8 Å². The number of thioether (sulfide) groups is 1. The van der Waals surface area contributed by atoms with Gasteiger partial charge in [-0.25, -0.2) is 17.5 Å². The van der Waals surface area contributed by atoms with Gasteiger partial charge in [-0.3, -0.25) is 9.36 Å². The first-order chi connectivity index (χ1) is 15.4. The lowest BCUT2D eigenvalue weighted by Gasteiger charge is -2.08. The second-order valence-corrected chi connectivity index (χ2v) is 11.0. The summed E-state index contributed by atoms with van der Waals surface area (Å²) in [7, 11) is -3.71. The summed E-state index contributed by atoms with van der Waals surface area (Å²) in [5.41, 5.74) is 2.31. The first kappa shape index (κ1) is 22.7. The Morgan fingerprint density at radius 3 is 2.53 bits per heavy atom. The maximum Gasteiger partial charge on any atom is 0.308 e. The van der Waals surface area contributed by atoms with Gasteiger partial charge in [0.05, 0.1) is 21.7 Å². The van der Waals surface area contributed by atoms with Crippen molar-refractivity contribution >= 4 is 43.3 Å². The molecule has 1 N–H and O–H groups in total. The lowest BCUT2D eigenvalue weighted by molar-refractivity contribution is 0.584. The second kappa shape index (κ2) is 9.99. The Balaban J connectivity index is 1.41. The molecule has 0 saturated carbocycles. The predicted octanol–water partition coefficient (Wildman–Crippen LogP) is 4.46. The lowest BCUT2D eigenvalue weighted by Crippen LogP contribution is -2.26. The van der Waals surface area contributed by atoms with Crippen LogP contribution in [0.15, 0.2) is 82.5 Å². The van der Waals surface area contributed by atoms with Crippen molar-refractivity contribution in [3.63, 3.8) is 0 Å². The van der Waals surface area contributed by atoms with E-state index < -0.39 is 10.0 Å². The molecule has 0 aliphatic rings. The normalized spacial score (nSPS) is 11.8. The van der Waals surface area contributed by atoms with Crippen molar-refractivity contribution in [2.45, 2.75) is 17.2 Å². The van der Waals surface area contributed by atoms with Crippen LogP contribution < -0.4 is 9.60 Å². The van der Waals surface area contributed by atoms with E-state index in [9.17, 15) is 17.6 Å².